The van der Waals surface area contributed by atoms with Crippen molar-refractivity contribution in [1.29, 1.82) is 10.5 Å². The molecule has 4 unspecified atom stereocenters. The van der Waals surface area contributed by atoms with Gasteiger partial charge in [0, 0.05) is 11.6 Å². The zero-order chi connectivity index (χ0) is 30.0. The van der Waals surface area contributed by atoms with Crippen LogP contribution in [0.4, 0.5) is 14.9 Å². The summed E-state index contributed by atoms with van der Waals surface area (Å²) in [6.07, 6.45) is 0. The zero-order valence-electron chi connectivity index (χ0n) is 22.2. The van der Waals surface area contributed by atoms with Gasteiger partial charge in [-0.15, -0.1) is 11.3 Å². The van der Waals surface area contributed by atoms with Gasteiger partial charge in [0.1, 0.15) is 11.4 Å². The molecule has 2 heterocycles. The SMILES string of the molecule is CC1(C(=O)O)C(c2ccc(C#N)cc2)C(C(=O)c2cccs2)C(c2ccc(C#N)cc2)N1C(=O)Nc1ccc(F)cc1. The van der Waals surface area contributed by atoms with Crippen LogP contribution in [-0.4, -0.2) is 33.3 Å². The van der Waals surface area contributed by atoms with Crippen molar-refractivity contribution in [1.82, 2.24) is 4.90 Å². The van der Waals surface area contributed by atoms with Gasteiger partial charge < -0.3 is 10.4 Å². The van der Waals surface area contributed by atoms with E-state index in [-0.39, 0.29) is 11.5 Å². The molecule has 1 aliphatic rings. The Hall–Kier alpha value is -5.32. The molecule has 10 heteroatoms. The lowest BCUT2D eigenvalue weighted by Gasteiger charge is -2.37. The Morgan fingerprint density at radius 2 is 1.48 bits per heavy atom. The molecule has 0 radical (unpaired) electrons. The minimum atomic E-state index is -1.96. The third kappa shape index (κ3) is 4.89. The summed E-state index contributed by atoms with van der Waals surface area (Å²) in [5.41, 5.74) is -0.106. The highest BCUT2D eigenvalue weighted by molar-refractivity contribution is 7.12. The number of amides is 2. The number of aliphatic carboxylic acids is 1. The highest BCUT2D eigenvalue weighted by Gasteiger charge is 2.65. The van der Waals surface area contributed by atoms with Gasteiger partial charge in [-0.3, -0.25) is 9.69 Å². The molecule has 2 amide bonds. The lowest BCUT2D eigenvalue weighted by Crippen LogP contribution is -2.55. The monoisotopic (exact) mass is 578 g/mol. The van der Waals surface area contributed by atoms with Crippen LogP contribution in [0, 0.1) is 34.4 Å². The first-order valence-electron chi connectivity index (χ1n) is 12.9. The predicted octanol–water partition coefficient (Wildman–Crippen LogP) is 6.35. The number of benzene rings is 3. The lowest BCUT2D eigenvalue weighted by atomic mass is 9.72. The van der Waals surface area contributed by atoms with Crippen molar-refractivity contribution >= 4 is 34.8 Å². The smallest absolute Gasteiger partial charge is 0.330 e. The van der Waals surface area contributed by atoms with Crippen LogP contribution in [-0.2, 0) is 4.79 Å². The maximum absolute atomic E-state index is 14.3. The fourth-order valence-corrected chi connectivity index (χ4v) is 6.42. The molecule has 5 rings (SSSR count). The first-order valence-corrected chi connectivity index (χ1v) is 13.7. The number of halogens is 1. The summed E-state index contributed by atoms with van der Waals surface area (Å²) >= 11 is 1.21. The van der Waals surface area contributed by atoms with Gasteiger partial charge in [-0.05, 0) is 78.0 Å². The molecule has 1 fully saturated rings. The summed E-state index contributed by atoms with van der Waals surface area (Å²) in [6.45, 7) is 1.40. The second-order valence-electron chi connectivity index (χ2n) is 10.0. The highest BCUT2D eigenvalue weighted by atomic mass is 32.1. The van der Waals surface area contributed by atoms with Crippen molar-refractivity contribution in [2.24, 2.45) is 5.92 Å². The van der Waals surface area contributed by atoms with E-state index in [9.17, 15) is 34.4 Å². The van der Waals surface area contributed by atoms with Crippen LogP contribution < -0.4 is 5.32 Å². The maximum Gasteiger partial charge on any atom is 0.330 e. The van der Waals surface area contributed by atoms with E-state index < -0.39 is 41.2 Å². The maximum atomic E-state index is 14.3. The molecule has 0 bridgehead atoms. The van der Waals surface area contributed by atoms with Gasteiger partial charge in [0.05, 0.1) is 40.1 Å². The molecular formula is C32H23FN4O4S. The normalized spacial score (nSPS) is 21.2. The summed E-state index contributed by atoms with van der Waals surface area (Å²) in [6, 6.07) is 23.2. The molecule has 0 aliphatic carbocycles. The van der Waals surface area contributed by atoms with Crippen LogP contribution in [0.25, 0.3) is 0 Å². The Bertz CT molecular complexity index is 1730. The van der Waals surface area contributed by atoms with Crippen molar-refractivity contribution in [2.75, 3.05) is 5.32 Å². The summed E-state index contributed by atoms with van der Waals surface area (Å²) < 4.78 is 13.6. The van der Waals surface area contributed by atoms with Gasteiger partial charge in [0.15, 0.2) is 5.78 Å². The van der Waals surface area contributed by atoms with Crippen molar-refractivity contribution in [3.8, 4) is 12.1 Å². The molecule has 0 spiro atoms. The topological polar surface area (TPSA) is 134 Å². The number of thiophene rings is 1. The number of rotatable bonds is 6. The number of anilines is 1. The molecule has 208 valence electrons. The quantitative estimate of drug-likeness (QED) is 0.256. The number of hydrogen-bond acceptors (Lipinski definition) is 6. The van der Waals surface area contributed by atoms with Crippen molar-refractivity contribution < 1.29 is 23.9 Å². The Morgan fingerprint density at radius 1 is 0.905 bits per heavy atom. The number of Topliss-reactive ketones (excluding diaryl/α,β-unsaturated/α-hetero) is 1. The fraction of sp³-hybridized carbons (Fsp3) is 0.156. The number of ketones is 1. The number of carboxylic acids is 1. The third-order valence-corrected chi connectivity index (χ3v) is 8.56. The van der Waals surface area contributed by atoms with Crippen LogP contribution in [0.5, 0.6) is 0 Å². The van der Waals surface area contributed by atoms with Gasteiger partial charge in [-0.2, -0.15) is 10.5 Å². The highest BCUT2D eigenvalue weighted by Crippen LogP contribution is 2.57. The van der Waals surface area contributed by atoms with Crippen molar-refractivity contribution in [3.05, 3.63) is 123 Å². The molecule has 1 aliphatic heterocycles. The standard InChI is InChI=1S/C32H23FN4O4S/c1-32(30(39)40)27(21-8-4-19(17-34)5-9-21)26(29(38)25-3-2-16-42-25)28(22-10-6-20(18-35)7-11-22)37(32)31(41)36-24-14-12-23(33)13-15-24/h2-16,26-28H,1H3,(H,36,41)(H,39,40). The molecule has 4 atom stereocenters. The molecule has 1 saturated heterocycles. The number of hydrogen-bond donors (Lipinski definition) is 2. The average Bonchev–Trinajstić information content (AvgIpc) is 3.64. The number of nitrogens with zero attached hydrogens (tertiary/aromatic N) is 3. The first-order chi connectivity index (χ1) is 20.2. The summed E-state index contributed by atoms with van der Waals surface area (Å²) in [7, 11) is 0. The second kappa shape index (κ2) is 11.3. The van der Waals surface area contributed by atoms with E-state index in [1.807, 2.05) is 12.1 Å². The van der Waals surface area contributed by atoms with Gasteiger partial charge in [-0.25, -0.2) is 14.0 Å². The molecule has 8 nitrogen and oxygen atoms in total. The number of nitrogens with one attached hydrogen (secondary N) is 1. The van der Waals surface area contributed by atoms with E-state index >= 15 is 0 Å². The number of carbonyl (C=O) groups is 3. The summed E-state index contributed by atoms with van der Waals surface area (Å²) in [4.78, 5) is 43.3. The average molecular weight is 579 g/mol. The summed E-state index contributed by atoms with van der Waals surface area (Å²) in [5.74, 6) is -4.31. The van der Waals surface area contributed by atoms with E-state index in [1.54, 1.807) is 66.0 Å². The Kier molecular flexibility index (Phi) is 7.58. The Labute approximate surface area is 244 Å². The Morgan fingerprint density at radius 3 is 1.98 bits per heavy atom. The number of carboxylic acid groups (broad SMARTS) is 1. The molecule has 4 aromatic rings. The molecule has 2 N–H and O–H groups in total. The minimum Gasteiger partial charge on any atom is -0.479 e. The van der Waals surface area contributed by atoms with Crippen LogP contribution in [0.2, 0.25) is 0 Å². The number of nitriles is 2. The molecule has 1 aromatic heterocycles. The van der Waals surface area contributed by atoms with Crippen LogP contribution >= 0.6 is 11.3 Å². The summed E-state index contributed by atoms with van der Waals surface area (Å²) in [5, 5.41) is 34.0. The van der Waals surface area contributed by atoms with Gasteiger partial charge >= 0.3 is 12.0 Å². The number of urea groups is 1. The second-order valence-corrected chi connectivity index (χ2v) is 11.0. The van der Waals surface area contributed by atoms with E-state index in [0.717, 1.165) is 12.1 Å². The van der Waals surface area contributed by atoms with Crippen LogP contribution in [0.3, 0.4) is 0 Å². The lowest BCUT2D eigenvalue weighted by molar-refractivity contribution is -0.148. The largest absolute Gasteiger partial charge is 0.479 e. The predicted molar refractivity (Wildman–Crippen MR) is 153 cm³/mol. The molecule has 0 saturated carbocycles. The van der Waals surface area contributed by atoms with Crippen LogP contribution in [0.1, 0.15) is 50.8 Å². The number of likely N-dealkylation sites (tertiary alicyclic amines) is 1. The van der Waals surface area contributed by atoms with E-state index in [0.29, 0.717) is 27.1 Å². The minimum absolute atomic E-state index is 0.232. The molecule has 42 heavy (non-hydrogen) atoms. The molecule has 3 aromatic carbocycles. The van der Waals surface area contributed by atoms with E-state index in [2.05, 4.69) is 5.32 Å². The van der Waals surface area contributed by atoms with Crippen molar-refractivity contribution in [2.45, 2.75) is 24.4 Å². The Balaban J connectivity index is 1.76. The van der Waals surface area contributed by atoms with E-state index in [1.165, 1.54) is 35.3 Å². The van der Waals surface area contributed by atoms with Gasteiger partial charge in [0.25, 0.3) is 0 Å². The van der Waals surface area contributed by atoms with E-state index in [4.69, 9.17) is 0 Å². The molecular weight excluding hydrogens is 555 g/mol. The number of carbonyl (C=O) groups excluding carboxylic acids is 2. The zero-order valence-corrected chi connectivity index (χ0v) is 23.0. The van der Waals surface area contributed by atoms with Crippen molar-refractivity contribution in [3.63, 3.8) is 0 Å². The van der Waals surface area contributed by atoms with Crippen LogP contribution in [0.15, 0.2) is 90.3 Å². The first kappa shape index (κ1) is 28.2. The van der Waals surface area contributed by atoms with Gasteiger partial charge in [0.2, 0.25) is 0 Å². The fourth-order valence-electron chi connectivity index (χ4n) is 5.71. The third-order valence-electron chi connectivity index (χ3n) is 7.68. The van der Waals surface area contributed by atoms with Gasteiger partial charge in [-0.1, -0.05) is 30.3 Å².